The zero-order chi connectivity index (χ0) is 17.8. The van der Waals surface area contributed by atoms with Crippen molar-refractivity contribution in [2.24, 2.45) is 0 Å². The van der Waals surface area contributed by atoms with Crippen LogP contribution in [0.5, 0.6) is 0 Å². The molecule has 5 heteroatoms. The molecule has 1 heterocycles. The number of carbonyl (C=O) groups is 1. The molecule has 0 atom stereocenters. The Morgan fingerprint density at radius 2 is 1.76 bits per heavy atom. The molecule has 126 valence electrons. The summed E-state index contributed by atoms with van der Waals surface area (Å²) >= 11 is 0. The van der Waals surface area contributed by atoms with Crippen molar-refractivity contribution in [2.45, 2.75) is 26.7 Å². The van der Waals surface area contributed by atoms with Gasteiger partial charge in [0.15, 0.2) is 0 Å². The molecule has 25 heavy (non-hydrogen) atoms. The molecule has 0 saturated heterocycles. The molecule has 1 N–H and O–H groups in total. The minimum atomic E-state index is -0.525. The van der Waals surface area contributed by atoms with Gasteiger partial charge in [0, 0.05) is 11.1 Å². The van der Waals surface area contributed by atoms with Crippen LogP contribution in [0.2, 0.25) is 0 Å². The van der Waals surface area contributed by atoms with Crippen molar-refractivity contribution >= 4 is 5.78 Å². The lowest BCUT2D eigenvalue weighted by molar-refractivity contribution is 0.103. The quantitative estimate of drug-likeness (QED) is 0.728. The maximum atomic E-state index is 12.9. The van der Waals surface area contributed by atoms with E-state index in [0.717, 1.165) is 24.0 Å². The number of carbonyl (C=O) groups excluding carboxylic acids is 1. The molecule has 0 aliphatic rings. The summed E-state index contributed by atoms with van der Waals surface area (Å²) in [5.41, 5.74) is 3.36. The zero-order valence-electron chi connectivity index (χ0n) is 14.2. The summed E-state index contributed by atoms with van der Waals surface area (Å²) in [6.07, 6.45) is 1.66. The van der Waals surface area contributed by atoms with Crippen LogP contribution in [0.1, 0.15) is 40.9 Å². The van der Waals surface area contributed by atoms with Gasteiger partial charge in [0.25, 0.3) is 5.56 Å². The Morgan fingerprint density at radius 1 is 1.00 bits per heavy atom. The summed E-state index contributed by atoms with van der Waals surface area (Å²) < 4.78 is 0. The Kier molecular flexibility index (Phi) is 4.84. The average molecular weight is 333 g/mol. The maximum Gasteiger partial charge on any atom is 0.279 e. The van der Waals surface area contributed by atoms with Gasteiger partial charge < -0.3 is 0 Å². The van der Waals surface area contributed by atoms with Crippen LogP contribution in [0.4, 0.5) is 0 Å². The first kappa shape index (κ1) is 16.8. The normalized spacial score (nSPS) is 10.6. The molecular formula is C20H19N3O2. The lowest BCUT2D eigenvalue weighted by atomic mass is 9.92. The molecule has 0 radical (unpaired) electrons. The van der Waals surface area contributed by atoms with Crippen LogP contribution in [0, 0.1) is 0 Å². The van der Waals surface area contributed by atoms with Gasteiger partial charge in [0.2, 0.25) is 5.78 Å². The number of aromatic nitrogens is 3. The van der Waals surface area contributed by atoms with Gasteiger partial charge in [-0.2, -0.15) is 0 Å². The second-order valence-electron chi connectivity index (χ2n) is 5.71. The Labute approximate surface area is 145 Å². The van der Waals surface area contributed by atoms with Crippen molar-refractivity contribution in [1.82, 2.24) is 15.4 Å². The Hall–Kier alpha value is -3.08. The fourth-order valence-corrected chi connectivity index (χ4v) is 3.07. The van der Waals surface area contributed by atoms with Gasteiger partial charge in [-0.25, -0.2) is 5.10 Å². The third-order valence-electron chi connectivity index (χ3n) is 4.29. The largest absolute Gasteiger partial charge is 0.288 e. The molecule has 0 bridgehead atoms. The van der Waals surface area contributed by atoms with Crippen LogP contribution in [0.15, 0.2) is 53.3 Å². The summed E-state index contributed by atoms with van der Waals surface area (Å²) in [6, 6.07) is 14.6. The van der Waals surface area contributed by atoms with E-state index < -0.39 is 5.56 Å². The molecule has 3 rings (SSSR count). The summed E-state index contributed by atoms with van der Waals surface area (Å²) in [4.78, 5) is 25.3. The number of nitrogens with one attached hydrogen (secondary N) is 1. The summed E-state index contributed by atoms with van der Waals surface area (Å²) in [5, 5.41) is 10.1. The van der Waals surface area contributed by atoms with Crippen LogP contribution in [-0.4, -0.2) is 21.2 Å². The monoisotopic (exact) mass is 333 g/mol. The van der Waals surface area contributed by atoms with Crippen LogP contribution < -0.4 is 5.56 Å². The third-order valence-corrected chi connectivity index (χ3v) is 4.29. The zero-order valence-corrected chi connectivity index (χ0v) is 14.2. The topological polar surface area (TPSA) is 75.7 Å². The number of aromatic amines is 1. The first-order chi connectivity index (χ1) is 12.2. The number of benzene rings is 2. The van der Waals surface area contributed by atoms with Gasteiger partial charge in [0.1, 0.15) is 11.3 Å². The van der Waals surface area contributed by atoms with Crippen LogP contribution in [0.25, 0.3) is 11.3 Å². The summed E-state index contributed by atoms with van der Waals surface area (Å²) in [7, 11) is 0. The summed E-state index contributed by atoms with van der Waals surface area (Å²) in [6.45, 7) is 4.13. The second kappa shape index (κ2) is 7.21. The number of ketones is 1. The SMILES string of the molecule is CCc1cccc(-c2nn[nH]c(=O)c2C(=O)c2ccccc2)c1CC. The summed E-state index contributed by atoms with van der Waals surface area (Å²) in [5.74, 6) is -0.351. The average Bonchev–Trinajstić information content (AvgIpc) is 2.67. The van der Waals surface area contributed by atoms with E-state index in [9.17, 15) is 9.59 Å². The molecule has 5 nitrogen and oxygen atoms in total. The van der Waals surface area contributed by atoms with Crippen LogP contribution in [0.3, 0.4) is 0 Å². The first-order valence-electron chi connectivity index (χ1n) is 8.33. The predicted octanol–water partition coefficient (Wildman–Crippen LogP) is 3.19. The number of hydrogen-bond acceptors (Lipinski definition) is 4. The first-order valence-corrected chi connectivity index (χ1v) is 8.33. The standard InChI is InChI=1S/C20H19N3O2/c1-3-13-11-8-12-16(15(13)4-2)18-17(20(25)22-23-21-18)19(24)14-9-6-5-7-10-14/h5-12H,3-4H2,1-2H3,(H,21,22,25). The van der Waals surface area contributed by atoms with Crippen LogP contribution in [-0.2, 0) is 12.8 Å². The highest BCUT2D eigenvalue weighted by atomic mass is 16.1. The van der Waals surface area contributed by atoms with Gasteiger partial charge in [0.05, 0.1) is 0 Å². The van der Waals surface area contributed by atoms with Gasteiger partial charge >= 0.3 is 0 Å². The molecule has 0 unspecified atom stereocenters. The fourth-order valence-electron chi connectivity index (χ4n) is 3.07. The molecule has 3 aromatic rings. The van der Waals surface area contributed by atoms with Gasteiger partial charge in [-0.3, -0.25) is 9.59 Å². The molecule has 0 fully saturated rings. The smallest absolute Gasteiger partial charge is 0.279 e. The van der Waals surface area contributed by atoms with Gasteiger partial charge in [-0.05, 0) is 24.0 Å². The molecule has 0 spiro atoms. The molecule has 2 aromatic carbocycles. The lowest BCUT2D eigenvalue weighted by Gasteiger charge is -2.13. The molecule has 0 aliphatic carbocycles. The highest BCUT2D eigenvalue weighted by Crippen LogP contribution is 2.27. The second-order valence-corrected chi connectivity index (χ2v) is 5.71. The van der Waals surface area contributed by atoms with E-state index in [1.807, 2.05) is 18.2 Å². The minimum Gasteiger partial charge on any atom is -0.288 e. The van der Waals surface area contributed by atoms with E-state index in [1.165, 1.54) is 5.56 Å². The van der Waals surface area contributed by atoms with Crippen molar-refractivity contribution < 1.29 is 4.79 Å². The number of H-pyrrole nitrogens is 1. The van der Waals surface area contributed by atoms with E-state index in [1.54, 1.807) is 24.3 Å². The third kappa shape index (κ3) is 3.13. The van der Waals surface area contributed by atoms with Gasteiger partial charge in [-0.15, -0.1) is 5.10 Å². The van der Waals surface area contributed by atoms with Crippen molar-refractivity contribution in [2.75, 3.05) is 0 Å². The molecule has 1 aromatic heterocycles. The highest BCUT2D eigenvalue weighted by molar-refractivity contribution is 6.12. The van der Waals surface area contributed by atoms with E-state index >= 15 is 0 Å². The molecule has 0 aliphatic heterocycles. The lowest BCUT2D eigenvalue weighted by Crippen LogP contribution is -2.23. The van der Waals surface area contributed by atoms with E-state index in [-0.39, 0.29) is 11.3 Å². The van der Waals surface area contributed by atoms with Crippen molar-refractivity contribution in [1.29, 1.82) is 0 Å². The van der Waals surface area contributed by atoms with E-state index in [2.05, 4.69) is 35.3 Å². The number of rotatable bonds is 5. The predicted molar refractivity (Wildman–Crippen MR) is 96.7 cm³/mol. The molecule has 0 amide bonds. The minimum absolute atomic E-state index is 0.0316. The van der Waals surface area contributed by atoms with E-state index in [4.69, 9.17) is 0 Å². The Balaban J connectivity index is 2.25. The van der Waals surface area contributed by atoms with E-state index in [0.29, 0.717) is 11.3 Å². The van der Waals surface area contributed by atoms with Crippen molar-refractivity contribution in [3.63, 3.8) is 0 Å². The number of nitrogens with zero attached hydrogens (tertiary/aromatic N) is 2. The Bertz CT molecular complexity index is 962. The molecule has 0 saturated carbocycles. The van der Waals surface area contributed by atoms with Gasteiger partial charge in [-0.1, -0.05) is 67.6 Å². The highest BCUT2D eigenvalue weighted by Gasteiger charge is 2.22. The number of hydrogen-bond donors (Lipinski definition) is 1. The molecular weight excluding hydrogens is 314 g/mol. The maximum absolute atomic E-state index is 12.9. The van der Waals surface area contributed by atoms with Crippen molar-refractivity contribution in [3.05, 3.63) is 81.1 Å². The Morgan fingerprint density at radius 3 is 2.44 bits per heavy atom. The van der Waals surface area contributed by atoms with Crippen LogP contribution >= 0.6 is 0 Å². The van der Waals surface area contributed by atoms with Crippen molar-refractivity contribution in [3.8, 4) is 11.3 Å². The number of aryl methyl sites for hydroxylation is 1. The fraction of sp³-hybridized carbons (Fsp3) is 0.200.